The van der Waals surface area contributed by atoms with Crippen molar-refractivity contribution in [1.82, 2.24) is 57.7 Å². The Bertz CT molecular complexity index is 3310. The zero-order valence-electron chi connectivity index (χ0n) is 54.4. The van der Waals surface area contributed by atoms with E-state index in [1.165, 1.54) is 9.80 Å². The van der Waals surface area contributed by atoms with Crippen molar-refractivity contribution in [2.75, 3.05) is 33.8 Å². The SMILES string of the molecule is CN[C@@H](C)C(=O)N[C@H](C(=O)N1C[C@@H](NC(=O)C[C@H](NC(=O)OCC2c3ccccc3-c3ccccc32)C(=O)N[C@H]2C[C@@H](C(=O)N[C@@H]3CCCc4ccccc43)N(C(=O)[C@@H](NC(=O)[C@H](C)NC)C(C)(C)C)C2)C[C@H]1C(=O)N[C@@H]1CCCc2ccccc21)C(C)(C)C.Cl.Cl. The van der Waals surface area contributed by atoms with Crippen LogP contribution in [0.25, 0.3) is 11.1 Å². The summed E-state index contributed by atoms with van der Waals surface area (Å²) in [6, 6.07) is 21.9. The summed E-state index contributed by atoms with van der Waals surface area (Å²) in [5, 5.41) is 26.7. The van der Waals surface area contributed by atoms with Gasteiger partial charge in [0.15, 0.2) is 0 Å². The Morgan fingerprint density at radius 1 is 0.522 bits per heavy atom. The number of halogens is 2. The van der Waals surface area contributed by atoms with Gasteiger partial charge in [-0.05, 0) is 135 Å². The first kappa shape index (κ1) is 71.8. The minimum Gasteiger partial charge on any atom is -0.449 e. The molecule has 2 aliphatic heterocycles. The quantitative estimate of drug-likeness (QED) is 0.0496. The average molecular weight is 1310 g/mol. The van der Waals surface area contributed by atoms with Gasteiger partial charge in [0.25, 0.3) is 0 Å². The molecule has 23 heteroatoms. The molecule has 3 aliphatic carbocycles. The van der Waals surface area contributed by atoms with E-state index < -0.39 is 125 Å². The van der Waals surface area contributed by atoms with Crippen molar-refractivity contribution in [2.24, 2.45) is 10.8 Å². The van der Waals surface area contributed by atoms with Crippen molar-refractivity contribution in [1.29, 1.82) is 0 Å². The van der Waals surface area contributed by atoms with Crippen LogP contribution in [-0.4, -0.2) is 151 Å². The normalized spacial score (nSPS) is 21.5. The fraction of sp³-hybridized carbons (Fsp3) is 0.522. The van der Waals surface area contributed by atoms with Crippen molar-refractivity contribution in [3.63, 3.8) is 0 Å². The number of ether oxygens (including phenoxy) is 1. The van der Waals surface area contributed by atoms with Crippen LogP contribution in [0, 0.1) is 10.8 Å². The Balaban J connectivity index is 0.00000600. The van der Waals surface area contributed by atoms with E-state index in [0.29, 0.717) is 12.8 Å². The zero-order chi connectivity index (χ0) is 64.8. The number of aryl methyl sites for hydroxylation is 2. The fourth-order valence-corrected chi connectivity index (χ4v) is 13.4. The molecule has 5 aliphatic rings. The summed E-state index contributed by atoms with van der Waals surface area (Å²) in [4.78, 5) is 133. The Labute approximate surface area is 552 Å². The van der Waals surface area contributed by atoms with Crippen molar-refractivity contribution in [2.45, 2.75) is 186 Å². The van der Waals surface area contributed by atoms with Gasteiger partial charge in [-0.25, -0.2) is 4.79 Å². The minimum absolute atomic E-state index is 0. The number of hydrogen-bond donors (Lipinski definition) is 9. The number of carbonyl (C=O) groups is 9. The van der Waals surface area contributed by atoms with Crippen LogP contribution in [0.2, 0.25) is 0 Å². The van der Waals surface area contributed by atoms with Gasteiger partial charge in [-0.3, -0.25) is 38.4 Å². The number of fused-ring (bicyclic) bond motifs is 5. The summed E-state index contributed by atoms with van der Waals surface area (Å²) in [5.74, 6) is -4.61. The van der Waals surface area contributed by atoms with E-state index >= 15 is 9.59 Å². The number of likely N-dealkylation sites (tertiary alicyclic amines) is 2. The molecule has 2 saturated heterocycles. The lowest BCUT2D eigenvalue weighted by molar-refractivity contribution is -0.144. The molecule has 92 heavy (non-hydrogen) atoms. The molecule has 0 saturated carbocycles. The first-order valence-electron chi connectivity index (χ1n) is 31.9. The van der Waals surface area contributed by atoms with Gasteiger partial charge in [0.05, 0.1) is 30.6 Å². The van der Waals surface area contributed by atoms with Crippen LogP contribution in [-0.2, 0) is 55.9 Å². The zero-order valence-corrected chi connectivity index (χ0v) is 56.1. The third-order valence-electron chi connectivity index (χ3n) is 18.7. The second-order valence-electron chi connectivity index (χ2n) is 27.1. The molecule has 0 radical (unpaired) electrons. The van der Waals surface area contributed by atoms with E-state index in [4.69, 9.17) is 4.74 Å². The number of nitrogens with zero attached hydrogens (tertiary/aromatic N) is 2. The van der Waals surface area contributed by atoms with E-state index in [1.807, 2.05) is 139 Å². The average Bonchev–Trinajstić information content (AvgIpc) is 1.61. The highest BCUT2D eigenvalue weighted by atomic mass is 35.5. The highest BCUT2D eigenvalue weighted by molar-refractivity contribution is 5.97. The van der Waals surface area contributed by atoms with Gasteiger partial charge in [-0.15, -0.1) is 24.8 Å². The van der Waals surface area contributed by atoms with Gasteiger partial charge in [0.2, 0.25) is 47.3 Å². The summed E-state index contributed by atoms with van der Waals surface area (Å²) in [7, 11) is 3.27. The smallest absolute Gasteiger partial charge is 0.407 e. The molecule has 0 spiro atoms. The monoisotopic (exact) mass is 1310 g/mol. The second-order valence-corrected chi connectivity index (χ2v) is 27.1. The Morgan fingerprint density at radius 3 is 1.35 bits per heavy atom. The third kappa shape index (κ3) is 16.6. The highest BCUT2D eigenvalue weighted by Gasteiger charge is 2.49. The van der Waals surface area contributed by atoms with Crippen molar-refractivity contribution in [3.8, 4) is 11.1 Å². The number of benzene rings is 4. The van der Waals surface area contributed by atoms with E-state index in [0.717, 1.165) is 70.2 Å². The molecule has 11 atom stereocenters. The van der Waals surface area contributed by atoms with Crippen LogP contribution in [0.3, 0.4) is 0 Å². The topological polar surface area (TPSA) is 278 Å². The molecular formula is C69H93Cl2N11O10. The van der Waals surface area contributed by atoms with Gasteiger partial charge in [0.1, 0.15) is 36.8 Å². The molecule has 9 rings (SSSR count). The van der Waals surface area contributed by atoms with Crippen molar-refractivity contribution in [3.05, 3.63) is 130 Å². The van der Waals surface area contributed by atoms with Gasteiger partial charge in [0, 0.05) is 31.1 Å². The van der Waals surface area contributed by atoms with E-state index in [2.05, 4.69) is 47.9 Å². The Hall–Kier alpha value is -7.59. The van der Waals surface area contributed by atoms with E-state index in [9.17, 15) is 33.6 Å². The number of alkyl carbamates (subject to hydrolysis) is 1. The van der Waals surface area contributed by atoms with Gasteiger partial charge in [-0.1, -0.05) is 139 Å². The molecule has 4 aromatic carbocycles. The fourth-order valence-electron chi connectivity index (χ4n) is 13.4. The molecule has 498 valence electrons. The van der Waals surface area contributed by atoms with Gasteiger partial charge < -0.3 is 62.4 Å². The molecule has 0 aromatic heterocycles. The molecule has 2 heterocycles. The Morgan fingerprint density at radius 2 is 0.924 bits per heavy atom. The first-order valence-corrected chi connectivity index (χ1v) is 31.9. The standard InChI is InChI=1S/C69H91N11O10.2ClH/c1-39(70-9)60(82)77-58(68(3,4)5)65(87)79-36-43(33-55(79)63(85)74-52-31-19-23-41-21-11-13-25-45(41)52)72-57(81)35-54(76-67(89)90-38-51-49-29-17-15-27-47(49)48-28-16-18-30-50(48)51)62(84)73-44-34-56(64(86)75-53-32-20-24-42-22-12-14-26-46(42)53)80(37-44)66(88)59(69(6,7)8)78-61(83)40(2)71-10;;/h11-18,21-22,25-30,39-40,43-44,51-56,58-59,70-71H,19-20,23-24,31-38H2,1-10H3,(H,72,81)(H,73,84)(H,74,85)(H,75,86)(H,76,89)(H,77,82)(H,78,83);2*1H/t39-,40-,43-,44-,52+,53+,54-,55-,56-,58+,59+;;/m0../s1. The molecule has 21 nitrogen and oxygen atoms in total. The molecule has 4 aromatic rings. The predicted octanol–water partition coefficient (Wildman–Crippen LogP) is 5.96. The van der Waals surface area contributed by atoms with Crippen LogP contribution >= 0.6 is 24.8 Å². The number of rotatable bonds is 20. The van der Waals surface area contributed by atoms with Gasteiger partial charge >= 0.3 is 6.09 Å². The second kappa shape index (κ2) is 30.9. The highest BCUT2D eigenvalue weighted by Crippen LogP contribution is 2.45. The van der Waals surface area contributed by atoms with Crippen LogP contribution in [0.4, 0.5) is 4.79 Å². The summed E-state index contributed by atoms with van der Waals surface area (Å²) in [6.45, 7) is 13.8. The summed E-state index contributed by atoms with van der Waals surface area (Å²) < 4.78 is 5.95. The summed E-state index contributed by atoms with van der Waals surface area (Å²) in [5.41, 5.74) is 6.49. The number of carbonyl (C=O) groups excluding carboxylic acids is 9. The number of amides is 9. The van der Waals surface area contributed by atoms with E-state index in [-0.39, 0.29) is 75.4 Å². The first-order chi connectivity index (χ1) is 42.8. The van der Waals surface area contributed by atoms with E-state index in [1.54, 1.807) is 27.9 Å². The number of hydrogen-bond acceptors (Lipinski definition) is 12. The molecule has 0 bridgehead atoms. The molecule has 9 amide bonds. The molecule has 9 N–H and O–H groups in total. The minimum atomic E-state index is -1.60. The maximum atomic E-state index is 15.1. The maximum absolute atomic E-state index is 15.1. The lowest BCUT2D eigenvalue weighted by Gasteiger charge is -2.36. The largest absolute Gasteiger partial charge is 0.449 e. The molecule has 0 unspecified atom stereocenters. The summed E-state index contributed by atoms with van der Waals surface area (Å²) in [6.07, 6.45) is 3.04. The van der Waals surface area contributed by atoms with Crippen LogP contribution in [0.1, 0.15) is 152 Å². The van der Waals surface area contributed by atoms with Gasteiger partial charge in [-0.2, -0.15) is 0 Å². The third-order valence-corrected chi connectivity index (χ3v) is 18.7. The lowest BCUT2D eigenvalue weighted by atomic mass is 9.85. The summed E-state index contributed by atoms with van der Waals surface area (Å²) >= 11 is 0. The van der Waals surface area contributed by atoms with Crippen molar-refractivity contribution < 1.29 is 47.9 Å². The van der Waals surface area contributed by atoms with Crippen LogP contribution < -0.4 is 47.9 Å². The molecular weight excluding hydrogens is 1210 g/mol. The molecule has 2 fully saturated rings. The Kier molecular flexibility index (Phi) is 24.1. The van der Waals surface area contributed by atoms with Crippen LogP contribution in [0.15, 0.2) is 97.1 Å². The van der Waals surface area contributed by atoms with Crippen LogP contribution in [0.5, 0.6) is 0 Å². The lowest BCUT2D eigenvalue weighted by Crippen LogP contribution is -2.60. The maximum Gasteiger partial charge on any atom is 0.407 e. The van der Waals surface area contributed by atoms with Crippen molar-refractivity contribution >= 4 is 78.2 Å². The number of likely N-dealkylation sites (N-methyl/N-ethyl adjacent to an activating group) is 2. The number of nitrogens with one attached hydrogen (secondary N) is 9. The predicted molar refractivity (Wildman–Crippen MR) is 356 cm³/mol.